The van der Waals surface area contributed by atoms with Crippen molar-refractivity contribution in [3.8, 4) is 5.75 Å². The Bertz CT molecular complexity index is 1760. The Kier molecular flexibility index (Phi) is 24.7. The first-order valence-corrected chi connectivity index (χ1v) is 18.8. The molecule has 58 heavy (non-hydrogen) atoms. The summed E-state index contributed by atoms with van der Waals surface area (Å²) in [7, 11) is 1.63. The summed E-state index contributed by atoms with van der Waals surface area (Å²) in [6.45, 7) is 24.3. The second kappa shape index (κ2) is 28.2. The van der Waals surface area contributed by atoms with Crippen LogP contribution in [0.25, 0.3) is 0 Å². The van der Waals surface area contributed by atoms with Crippen molar-refractivity contribution < 1.29 is 52.3 Å². The van der Waals surface area contributed by atoms with E-state index < -0.39 is 11.9 Å². The first kappa shape index (κ1) is 50.7. The molecular weight excluding hydrogens is 766 g/mol. The van der Waals surface area contributed by atoms with Gasteiger partial charge >= 0.3 is 17.9 Å². The number of hydrogen-bond donors (Lipinski definition) is 1. The molecule has 0 bridgehead atoms. The Morgan fingerprint density at radius 3 is 1.16 bits per heavy atom. The molecule has 0 heterocycles. The van der Waals surface area contributed by atoms with E-state index in [1.54, 1.807) is 27.9 Å². The van der Waals surface area contributed by atoms with Gasteiger partial charge in [-0.3, -0.25) is 4.79 Å². The maximum absolute atomic E-state index is 11.2. The van der Waals surface area contributed by atoms with Crippen LogP contribution < -0.4 is 10.1 Å². The molecule has 3 unspecified atom stereocenters. The van der Waals surface area contributed by atoms with E-state index in [9.17, 15) is 19.2 Å². The Labute approximate surface area is 348 Å². The Hall–Kier alpha value is -5.27. The summed E-state index contributed by atoms with van der Waals surface area (Å²) in [4.78, 5) is 44.5. The number of methoxy groups -OCH3 is 1. The van der Waals surface area contributed by atoms with E-state index >= 15 is 0 Å². The molecule has 3 aromatic carbocycles. The maximum atomic E-state index is 11.2. The molecule has 13 heteroatoms. The first-order chi connectivity index (χ1) is 27.4. The molecule has 0 saturated carbocycles. The summed E-state index contributed by atoms with van der Waals surface area (Å²) in [5.41, 5.74) is 4.94. The van der Waals surface area contributed by atoms with Gasteiger partial charge in [0.1, 0.15) is 25.6 Å². The molecular formula is C45H58ClNO11. The van der Waals surface area contributed by atoms with Gasteiger partial charge in [-0.2, -0.15) is 0 Å². The third kappa shape index (κ3) is 23.7. The number of rotatable bonds is 20. The molecule has 3 rings (SSSR count). The van der Waals surface area contributed by atoms with Crippen LogP contribution in [-0.2, 0) is 67.4 Å². The van der Waals surface area contributed by atoms with Crippen molar-refractivity contribution in [2.24, 2.45) is 0 Å². The molecule has 0 aliphatic carbocycles. The molecule has 0 aliphatic heterocycles. The zero-order valence-corrected chi connectivity index (χ0v) is 35.6. The lowest BCUT2D eigenvalue weighted by Crippen LogP contribution is -2.19. The summed E-state index contributed by atoms with van der Waals surface area (Å²) in [6.07, 6.45) is -0.530. The molecule has 0 aromatic heterocycles. The molecule has 12 nitrogen and oxygen atoms in total. The molecule has 0 saturated heterocycles. The van der Waals surface area contributed by atoms with Gasteiger partial charge in [-0.15, -0.1) is 0 Å². The van der Waals surface area contributed by atoms with Crippen LogP contribution in [0.3, 0.4) is 0 Å². The van der Waals surface area contributed by atoms with Gasteiger partial charge in [0.2, 0.25) is 5.91 Å². The zero-order valence-electron chi connectivity index (χ0n) is 34.9. The maximum Gasteiger partial charge on any atom is 0.333 e. The molecule has 0 radical (unpaired) electrons. The summed E-state index contributed by atoms with van der Waals surface area (Å²) in [6, 6.07) is 22.4. The number of amides is 1. The van der Waals surface area contributed by atoms with Crippen molar-refractivity contribution in [3.63, 3.8) is 0 Å². The first-order valence-electron chi connectivity index (χ1n) is 18.5. The fourth-order valence-electron chi connectivity index (χ4n) is 4.00. The van der Waals surface area contributed by atoms with E-state index in [1.807, 2.05) is 93.6 Å². The summed E-state index contributed by atoms with van der Waals surface area (Å²) in [5, 5.41) is 3.39. The van der Waals surface area contributed by atoms with Crippen molar-refractivity contribution >= 4 is 41.1 Å². The van der Waals surface area contributed by atoms with Crippen molar-refractivity contribution in [2.45, 2.75) is 86.6 Å². The van der Waals surface area contributed by atoms with Crippen molar-refractivity contribution in [3.05, 3.63) is 131 Å². The minimum absolute atomic E-state index is 0.105. The third-order valence-corrected chi connectivity index (χ3v) is 7.59. The van der Waals surface area contributed by atoms with Gasteiger partial charge in [-0.25, -0.2) is 14.4 Å². The van der Waals surface area contributed by atoms with Gasteiger partial charge in [0.25, 0.3) is 0 Å². The minimum atomic E-state index is -0.412. The van der Waals surface area contributed by atoms with Crippen LogP contribution in [0, 0.1) is 0 Å². The van der Waals surface area contributed by atoms with Crippen molar-refractivity contribution in [1.29, 1.82) is 0 Å². The van der Waals surface area contributed by atoms with Gasteiger partial charge in [0.05, 0.1) is 45.2 Å². The Morgan fingerprint density at radius 2 is 0.862 bits per heavy atom. The number of halogens is 1. The topological polar surface area (TPSA) is 145 Å². The Balaban J connectivity index is 0.000000436. The predicted molar refractivity (Wildman–Crippen MR) is 225 cm³/mol. The van der Waals surface area contributed by atoms with E-state index in [0.717, 1.165) is 28.1 Å². The second-order valence-corrected chi connectivity index (χ2v) is 13.8. The average molecular weight is 824 g/mol. The summed E-state index contributed by atoms with van der Waals surface area (Å²) >= 11 is 5.78. The normalized spacial score (nSPS) is 11.7. The fourth-order valence-corrected chi connectivity index (χ4v) is 4.12. The highest BCUT2D eigenvalue weighted by molar-refractivity contribution is 6.30. The lowest BCUT2D eigenvalue weighted by atomic mass is 10.2. The van der Waals surface area contributed by atoms with Crippen LogP contribution in [-0.4, -0.2) is 69.1 Å². The molecule has 1 N–H and O–H groups in total. The third-order valence-electron chi connectivity index (χ3n) is 7.34. The predicted octanol–water partition coefficient (Wildman–Crippen LogP) is 8.75. The number of nitrogens with one attached hydrogen (secondary N) is 1. The SMILES string of the molecule is C=C(C)C(=O)OCC(C)OCc1ccc(Cl)cc1.C=C(C)C(=O)OCC(C)OCc1ccc(NC(C)=O)cc1.C=C(C)C(=O)OCC(C)OCc1ccc(OC)cc1. The lowest BCUT2D eigenvalue weighted by molar-refractivity contribution is -0.143. The van der Waals surface area contributed by atoms with Gasteiger partial charge < -0.3 is 38.5 Å². The number of hydrogen-bond acceptors (Lipinski definition) is 11. The molecule has 3 aromatic rings. The second-order valence-electron chi connectivity index (χ2n) is 13.4. The van der Waals surface area contributed by atoms with E-state index in [-0.39, 0.29) is 50.0 Å². The van der Waals surface area contributed by atoms with Crippen LogP contribution in [0.15, 0.2) is 109 Å². The number of anilines is 1. The molecule has 0 fully saturated rings. The largest absolute Gasteiger partial charge is 0.497 e. The minimum Gasteiger partial charge on any atom is -0.497 e. The van der Waals surface area contributed by atoms with Crippen LogP contribution in [0.4, 0.5) is 5.69 Å². The highest BCUT2D eigenvalue weighted by atomic mass is 35.5. The van der Waals surface area contributed by atoms with E-state index in [0.29, 0.717) is 41.6 Å². The fraction of sp³-hybridized carbons (Fsp3) is 0.378. The van der Waals surface area contributed by atoms with Crippen molar-refractivity contribution in [2.75, 3.05) is 32.2 Å². The van der Waals surface area contributed by atoms with Crippen molar-refractivity contribution in [1.82, 2.24) is 0 Å². The summed E-state index contributed by atoms with van der Waals surface area (Å²) < 4.78 is 36.8. The molecule has 316 valence electrons. The highest BCUT2D eigenvalue weighted by Crippen LogP contribution is 2.14. The van der Waals surface area contributed by atoms with Crippen LogP contribution in [0.5, 0.6) is 5.75 Å². The van der Waals surface area contributed by atoms with E-state index in [4.69, 9.17) is 44.8 Å². The quantitative estimate of drug-likeness (QED) is 0.0663. The number of ether oxygens (including phenoxy) is 7. The molecule has 3 atom stereocenters. The molecule has 1 amide bonds. The van der Waals surface area contributed by atoms with Crippen LogP contribution in [0.2, 0.25) is 5.02 Å². The molecule has 0 spiro atoms. The standard InChI is InChI=1S/C16H21NO4.C15H20O4.C14H17ClO3/c1-11(2)16(19)21-9-12(3)20-10-14-5-7-15(8-6-14)17-13(4)18;1-11(2)15(16)19-9-12(3)18-10-13-5-7-14(17-4)8-6-13;1-10(2)14(16)18-8-11(3)17-9-12-4-6-13(15)7-5-12/h5-8,12H,1,9-10H2,2-4H3,(H,17,18);5-8,12H,1,9-10H2,2-4H3;4-7,11H,1,8-9H2,2-3H3. The number of carbonyl (C=O) groups is 4. The van der Waals surface area contributed by atoms with E-state index in [1.165, 1.54) is 6.92 Å². The van der Waals surface area contributed by atoms with Gasteiger partial charge in [0.15, 0.2) is 0 Å². The number of esters is 3. The molecule has 0 aliphatic rings. The Morgan fingerprint density at radius 1 is 0.552 bits per heavy atom. The van der Waals surface area contributed by atoms with Gasteiger partial charge in [0, 0.05) is 34.4 Å². The van der Waals surface area contributed by atoms with Crippen LogP contribution in [0.1, 0.15) is 65.2 Å². The van der Waals surface area contributed by atoms with Gasteiger partial charge in [-0.1, -0.05) is 67.7 Å². The van der Waals surface area contributed by atoms with Gasteiger partial charge in [-0.05, 0) is 94.6 Å². The lowest BCUT2D eigenvalue weighted by Gasteiger charge is -2.13. The van der Waals surface area contributed by atoms with Crippen LogP contribution >= 0.6 is 11.6 Å². The smallest absolute Gasteiger partial charge is 0.333 e. The summed E-state index contributed by atoms with van der Waals surface area (Å²) in [5.74, 6) is -0.485. The number of benzene rings is 3. The monoisotopic (exact) mass is 823 g/mol. The number of carbonyl (C=O) groups excluding carboxylic acids is 4. The highest BCUT2D eigenvalue weighted by Gasteiger charge is 2.11. The zero-order chi connectivity index (χ0) is 43.6. The van der Waals surface area contributed by atoms with E-state index in [2.05, 4.69) is 25.1 Å². The average Bonchev–Trinajstić information content (AvgIpc) is 3.19.